The minimum absolute atomic E-state index is 0.484. The molecule has 0 aliphatic heterocycles. The summed E-state index contributed by atoms with van der Waals surface area (Å²) in [6, 6.07) is 0.484. The summed E-state index contributed by atoms with van der Waals surface area (Å²) < 4.78 is 1.93. The van der Waals surface area contributed by atoms with E-state index in [1.165, 1.54) is 31.4 Å². The number of halogens is 1. The number of hydrogen-bond donors (Lipinski definition) is 1. The van der Waals surface area contributed by atoms with Gasteiger partial charge in [-0.05, 0) is 26.3 Å². The smallest absolute Gasteiger partial charge is 0.0847 e. The molecule has 1 aromatic rings. The first kappa shape index (κ1) is 16.2. The Bertz CT molecular complexity index is 427. The Morgan fingerprint density at radius 2 is 2.15 bits per heavy atom. The van der Waals surface area contributed by atoms with Crippen LogP contribution in [0.4, 0.5) is 0 Å². The van der Waals surface area contributed by atoms with E-state index in [9.17, 15) is 0 Å². The van der Waals surface area contributed by atoms with E-state index in [-0.39, 0.29) is 0 Å². The molecule has 1 aliphatic rings. The fourth-order valence-corrected chi connectivity index (χ4v) is 4.57. The molecule has 1 N–H and O–H groups in total. The zero-order valence-corrected chi connectivity index (χ0v) is 14.4. The third-order valence-corrected chi connectivity index (χ3v) is 6.06. The van der Waals surface area contributed by atoms with Crippen molar-refractivity contribution >= 4 is 23.4 Å². The molecule has 2 rings (SSSR count). The van der Waals surface area contributed by atoms with Gasteiger partial charge in [0.2, 0.25) is 0 Å². The zero-order valence-electron chi connectivity index (χ0n) is 12.8. The van der Waals surface area contributed by atoms with Gasteiger partial charge in [0.25, 0.3) is 0 Å². The lowest BCUT2D eigenvalue weighted by molar-refractivity contribution is 0.548. The molecule has 114 valence electrons. The van der Waals surface area contributed by atoms with Crippen molar-refractivity contribution in [2.45, 2.75) is 57.2 Å². The molecule has 0 spiro atoms. The number of aryl methyl sites for hydroxylation is 2. The summed E-state index contributed by atoms with van der Waals surface area (Å²) in [5.74, 6) is 1.17. The second-order valence-electron chi connectivity index (χ2n) is 5.67. The van der Waals surface area contributed by atoms with Gasteiger partial charge in [0, 0.05) is 30.5 Å². The number of nitrogens with one attached hydrogen (secondary N) is 1. The molecule has 0 saturated heterocycles. The van der Waals surface area contributed by atoms with Crippen molar-refractivity contribution in [3.8, 4) is 0 Å². The molecule has 1 unspecified atom stereocenters. The van der Waals surface area contributed by atoms with Crippen molar-refractivity contribution in [3.63, 3.8) is 0 Å². The fraction of sp³-hybridized carbons (Fsp3) is 0.800. The summed E-state index contributed by atoms with van der Waals surface area (Å²) >= 11 is 8.50. The summed E-state index contributed by atoms with van der Waals surface area (Å²) in [6.07, 6.45) is 6.58. The first-order valence-electron chi connectivity index (χ1n) is 7.64. The number of hydrogen-bond acceptors (Lipinski definition) is 3. The van der Waals surface area contributed by atoms with E-state index in [0.29, 0.717) is 6.04 Å². The highest BCUT2D eigenvalue weighted by molar-refractivity contribution is 7.99. The summed E-state index contributed by atoms with van der Waals surface area (Å²) in [5.41, 5.74) is 2.09. The molecular weight excluding hydrogens is 290 g/mol. The second kappa shape index (κ2) is 7.71. The lowest BCUT2D eigenvalue weighted by atomic mass is 10.1. The average Bonchev–Trinajstić information content (AvgIpc) is 3.00. The van der Waals surface area contributed by atoms with Crippen LogP contribution in [0, 0.1) is 6.92 Å². The zero-order chi connectivity index (χ0) is 14.5. The molecule has 1 fully saturated rings. The van der Waals surface area contributed by atoms with Crippen LogP contribution in [0.2, 0.25) is 5.02 Å². The van der Waals surface area contributed by atoms with Crippen LogP contribution in [0.1, 0.15) is 44.0 Å². The van der Waals surface area contributed by atoms with E-state index in [4.69, 9.17) is 11.6 Å². The van der Waals surface area contributed by atoms with Crippen LogP contribution in [0.15, 0.2) is 0 Å². The predicted octanol–water partition coefficient (Wildman–Crippen LogP) is 3.58. The minimum Gasteiger partial charge on any atom is -0.313 e. The van der Waals surface area contributed by atoms with Crippen LogP contribution in [0.5, 0.6) is 0 Å². The van der Waals surface area contributed by atoms with Gasteiger partial charge < -0.3 is 5.32 Å². The Labute approximate surface area is 131 Å². The van der Waals surface area contributed by atoms with Gasteiger partial charge in [0.1, 0.15) is 0 Å². The average molecular weight is 316 g/mol. The third kappa shape index (κ3) is 4.15. The first-order chi connectivity index (χ1) is 9.61. The third-order valence-electron chi connectivity index (χ3n) is 4.03. The van der Waals surface area contributed by atoms with Gasteiger partial charge >= 0.3 is 0 Å². The molecule has 1 heterocycles. The SMILES string of the molecule is CCNC(CSC1CCCC1)Cc1c(Cl)c(C)nn1C. The largest absolute Gasteiger partial charge is 0.313 e. The first-order valence-corrected chi connectivity index (χ1v) is 9.07. The highest BCUT2D eigenvalue weighted by Gasteiger charge is 2.20. The quantitative estimate of drug-likeness (QED) is 0.834. The second-order valence-corrected chi connectivity index (χ2v) is 7.38. The summed E-state index contributed by atoms with van der Waals surface area (Å²) in [7, 11) is 1.99. The number of thioether (sulfide) groups is 1. The Kier molecular flexibility index (Phi) is 6.24. The molecule has 1 atom stereocenters. The molecule has 0 amide bonds. The Morgan fingerprint density at radius 1 is 1.45 bits per heavy atom. The van der Waals surface area contributed by atoms with E-state index in [1.807, 2.05) is 18.7 Å². The number of rotatable bonds is 7. The standard InChI is InChI=1S/C15H26ClN3S/c1-4-17-12(10-20-13-7-5-6-8-13)9-14-15(16)11(2)18-19(14)3/h12-13,17H,4-10H2,1-3H3. The van der Waals surface area contributed by atoms with Gasteiger partial charge in [-0.2, -0.15) is 16.9 Å². The van der Waals surface area contributed by atoms with E-state index in [0.717, 1.165) is 34.6 Å². The Morgan fingerprint density at radius 3 is 2.70 bits per heavy atom. The summed E-state index contributed by atoms with van der Waals surface area (Å²) in [4.78, 5) is 0. The molecule has 0 radical (unpaired) electrons. The molecule has 20 heavy (non-hydrogen) atoms. The Hall–Kier alpha value is -0.190. The molecule has 1 aromatic heterocycles. The van der Waals surface area contributed by atoms with E-state index in [2.05, 4.69) is 29.1 Å². The van der Waals surface area contributed by atoms with E-state index in [1.54, 1.807) is 0 Å². The lowest BCUT2D eigenvalue weighted by Crippen LogP contribution is -2.34. The van der Waals surface area contributed by atoms with Gasteiger partial charge in [-0.25, -0.2) is 0 Å². The molecule has 1 aliphatic carbocycles. The molecule has 0 aromatic carbocycles. The van der Waals surface area contributed by atoms with E-state index >= 15 is 0 Å². The Balaban J connectivity index is 1.93. The molecular formula is C15H26ClN3S. The van der Waals surface area contributed by atoms with Crippen LogP contribution in [-0.2, 0) is 13.5 Å². The van der Waals surface area contributed by atoms with Gasteiger partial charge in [-0.3, -0.25) is 4.68 Å². The van der Waals surface area contributed by atoms with Gasteiger partial charge in [0.15, 0.2) is 0 Å². The molecule has 1 saturated carbocycles. The minimum atomic E-state index is 0.484. The van der Waals surface area contributed by atoms with Gasteiger partial charge in [-0.15, -0.1) is 0 Å². The summed E-state index contributed by atoms with van der Waals surface area (Å²) in [6.45, 7) is 5.15. The molecule has 5 heteroatoms. The maximum atomic E-state index is 6.37. The number of nitrogens with zero attached hydrogens (tertiary/aromatic N) is 2. The van der Waals surface area contributed by atoms with Crippen molar-refractivity contribution in [2.24, 2.45) is 7.05 Å². The van der Waals surface area contributed by atoms with Crippen molar-refractivity contribution in [2.75, 3.05) is 12.3 Å². The monoisotopic (exact) mass is 315 g/mol. The predicted molar refractivity (Wildman–Crippen MR) is 88.8 cm³/mol. The highest BCUT2D eigenvalue weighted by Crippen LogP contribution is 2.30. The summed E-state index contributed by atoms with van der Waals surface area (Å²) in [5, 5.41) is 9.72. The van der Waals surface area contributed by atoms with Crippen molar-refractivity contribution in [1.82, 2.24) is 15.1 Å². The van der Waals surface area contributed by atoms with E-state index < -0.39 is 0 Å². The van der Waals surface area contributed by atoms with Crippen LogP contribution in [0.3, 0.4) is 0 Å². The lowest BCUT2D eigenvalue weighted by Gasteiger charge is -2.20. The van der Waals surface area contributed by atoms with Crippen LogP contribution in [0.25, 0.3) is 0 Å². The number of aromatic nitrogens is 2. The van der Waals surface area contributed by atoms with Crippen LogP contribution < -0.4 is 5.32 Å². The van der Waals surface area contributed by atoms with Crippen molar-refractivity contribution < 1.29 is 0 Å². The van der Waals surface area contributed by atoms with Gasteiger partial charge in [-0.1, -0.05) is 31.4 Å². The maximum absolute atomic E-state index is 6.37. The normalized spacial score (nSPS) is 17.8. The van der Waals surface area contributed by atoms with Gasteiger partial charge in [0.05, 0.1) is 16.4 Å². The highest BCUT2D eigenvalue weighted by atomic mass is 35.5. The van der Waals surface area contributed by atoms with Crippen molar-refractivity contribution in [3.05, 3.63) is 16.4 Å². The van der Waals surface area contributed by atoms with Crippen molar-refractivity contribution in [1.29, 1.82) is 0 Å². The van der Waals surface area contributed by atoms with Crippen LogP contribution in [-0.4, -0.2) is 33.4 Å². The van der Waals surface area contributed by atoms with Crippen LogP contribution >= 0.6 is 23.4 Å². The molecule has 3 nitrogen and oxygen atoms in total. The fourth-order valence-electron chi connectivity index (χ4n) is 2.92. The topological polar surface area (TPSA) is 29.9 Å². The molecule has 0 bridgehead atoms. The number of likely N-dealkylation sites (N-methyl/N-ethyl adjacent to an activating group) is 1. The maximum Gasteiger partial charge on any atom is 0.0847 e.